The highest BCUT2D eigenvalue weighted by Gasteiger charge is 2.17. The van der Waals surface area contributed by atoms with Crippen LogP contribution < -0.4 is 5.32 Å². The van der Waals surface area contributed by atoms with Gasteiger partial charge in [-0.15, -0.1) is 5.10 Å². The van der Waals surface area contributed by atoms with Crippen molar-refractivity contribution >= 4 is 23.2 Å². The van der Waals surface area contributed by atoms with Crippen LogP contribution in [-0.2, 0) is 13.1 Å². The molecule has 0 spiro atoms. The fraction of sp³-hybridized carbons (Fsp3) is 0.100. The van der Waals surface area contributed by atoms with Crippen LogP contribution in [0.25, 0.3) is 0 Å². The molecule has 2 aromatic heterocycles. The summed E-state index contributed by atoms with van der Waals surface area (Å²) >= 11 is 6.00. The van der Waals surface area contributed by atoms with E-state index in [0.29, 0.717) is 18.7 Å². The molecule has 9 heteroatoms. The minimum atomic E-state index is -0.710. The number of carbonyl (C=O) groups is 1. The predicted molar refractivity (Wildman–Crippen MR) is 106 cm³/mol. The minimum absolute atomic E-state index is 0.0305. The summed E-state index contributed by atoms with van der Waals surface area (Å²) in [7, 11) is 0. The minimum Gasteiger partial charge on any atom is -0.333 e. The van der Waals surface area contributed by atoms with Gasteiger partial charge in [0.15, 0.2) is 5.82 Å². The van der Waals surface area contributed by atoms with Crippen LogP contribution >= 0.6 is 11.6 Å². The largest absolute Gasteiger partial charge is 0.333 e. The van der Waals surface area contributed by atoms with Crippen molar-refractivity contribution in [1.29, 1.82) is 0 Å². The lowest BCUT2D eigenvalue weighted by Crippen LogP contribution is -2.16. The lowest BCUT2D eigenvalue weighted by atomic mass is 10.2. The third kappa shape index (κ3) is 4.49. The molecule has 2 aromatic carbocycles. The maximum absolute atomic E-state index is 14.4. The Morgan fingerprint density at radius 1 is 1.10 bits per heavy atom. The lowest BCUT2D eigenvalue weighted by molar-refractivity contribution is 0.101. The van der Waals surface area contributed by atoms with Crippen molar-refractivity contribution < 1.29 is 9.18 Å². The first kappa shape index (κ1) is 18.8. The predicted octanol–water partition coefficient (Wildman–Crippen LogP) is 3.62. The van der Waals surface area contributed by atoms with Gasteiger partial charge in [0, 0.05) is 18.9 Å². The first-order valence-electron chi connectivity index (χ1n) is 8.77. The zero-order valence-corrected chi connectivity index (χ0v) is 15.9. The molecule has 2 heterocycles. The third-order valence-corrected chi connectivity index (χ3v) is 4.46. The van der Waals surface area contributed by atoms with Crippen LogP contribution in [0.5, 0.6) is 0 Å². The molecule has 1 N–H and O–H groups in total. The molecule has 146 valence electrons. The Labute approximate surface area is 170 Å². The van der Waals surface area contributed by atoms with Gasteiger partial charge in [0.25, 0.3) is 5.91 Å². The molecule has 0 saturated carbocycles. The molecule has 4 aromatic rings. The van der Waals surface area contributed by atoms with Crippen LogP contribution in [0.3, 0.4) is 0 Å². The fourth-order valence-electron chi connectivity index (χ4n) is 2.84. The third-order valence-electron chi connectivity index (χ3n) is 4.19. The SMILES string of the molecule is O=C(Nc1cc(Cn2ccnc2)cc(Cl)c1F)c1ncn(Cc2ccccc2)n1. The first-order valence-corrected chi connectivity index (χ1v) is 9.14. The normalized spacial score (nSPS) is 10.8. The molecule has 1 amide bonds. The summed E-state index contributed by atoms with van der Waals surface area (Å²) in [6.45, 7) is 0.911. The van der Waals surface area contributed by atoms with E-state index in [1.807, 2.05) is 34.9 Å². The Kier molecular flexibility index (Phi) is 5.35. The van der Waals surface area contributed by atoms with E-state index < -0.39 is 11.7 Å². The number of imidazole rings is 1. The van der Waals surface area contributed by atoms with Gasteiger partial charge in [0.2, 0.25) is 5.82 Å². The number of aromatic nitrogens is 5. The van der Waals surface area contributed by atoms with E-state index in [1.165, 1.54) is 18.5 Å². The quantitative estimate of drug-likeness (QED) is 0.526. The van der Waals surface area contributed by atoms with Gasteiger partial charge in [-0.1, -0.05) is 41.9 Å². The summed E-state index contributed by atoms with van der Waals surface area (Å²) in [5, 5.41) is 6.58. The van der Waals surface area contributed by atoms with E-state index in [9.17, 15) is 9.18 Å². The molecule has 0 aliphatic heterocycles. The van der Waals surface area contributed by atoms with Crippen molar-refractivity contribution in [2.24, 2.45) is 0 Å². The maximum Gasteiger partial charge on any atom is 0.295 e. The number of anilines is 1. The van der Waals surface area contributed by atoms with Gasteiger partial charge in [0.05, 0.1) is 23.6 Å². The van der Waals surface area contributed by atoms with Crippen LogP contribution in [0.2, 0.25) is 5.02 Å². The maximum atomic E-state index is 14.4. The van der Waals surface area contributed by atoms with Gasteiger partial charge < -0.3 is 9.88 Å². The van der Waals surface area contributed by atoms with Crippen LogP contribution in [0, 0.1) is 5.82 Å². The Morgan fingerprint density at radius 2 is 1.93 bits per heavy atom. The smallest absolute Gasteiger partial charge is 0.295 e. The Balaban J connectivity index is 1.50. The van der Waals surface area contributed by atoms with Crippen molar-refractivity contribution in [3.63, 3.8) is 0 Å². The lowest BCUT2D eigenvalue weighted by Gasteiger charge is -2.10. The number of nitrogens with one attached hydrogen (secondary N) is 1. The topological polar surface area (TPSA) is 77.6 Å². The summed E-state index contributed by atoms with van der Waals surface area (Å²) in [5.74, 6) is -1.39. The van der Waals surface area contributed by atoms with E-state index in [-0.39, 0.29) is 16.5 Å². The average Bonchev–Trinajstić information content (AvgIpc) is 3.39. The monoisotopic (exact) mass is 410 g/mol. The van der Waals surface area contributed by atoms with Gasteiger partial charge in [0.1, 0.15) is 6.33 Å². The number of hydrogen-bond donors (Lipinski definition) is 1. The molecule has 0 fully saturated rings. The highest BCUT2D eigenvalue weighted by atomic mass is 35.5. The van der Waals surface area contributed by atoms with Crippen molar-refractivity contribution in [2.75, 3.05) is 5.32 Å². The second-order valence-electron chi connectivity index (χ2n) is 6.38. The molecule has 0 atom stereocenters. The Morgan fingerprint density at radius 3 is 2.69 bits per heavy atom. The summed E-state index contributed by atoms with van der Waals surface area (Å²) in [6.07, 6.45) is 6.52. The molecule has 0 unspecified atom stereocenters. The number of halogens is 2. The Hall–Kier alpha value is -3.52. The Bertz CT molecular complexity index is 1130. The summed E-state index contributed by atoms with van der Waals surface area (Å²) in [6, 6.07) is 12.7. The second kappa shape index (κ2) is 8.24. The van der Waals surface area contributed by atoms with Crippen LogP contribution in [0.4, 0.5) is 10.1 Å². The molecule has 4 rings (SSSR count). The van der Waals surface area contributed by atoms with Gasteiger partial charge in [-0.2, -0.15) is 0 Å². The standard InChI is InChI=1S/C20H16ClFN6O/c21-16-8-15(10-27-7-6-23-12-27)9-17(18(16)22)25-20(29)19-24-13-28(26-19)11-14-4-2-1-3-5-14/h1-9,12-13H,10-11H2,(H,25,29). The van der Waals surface area contributed by atoms with Crippen LogP contribution in [-0.4, -0.2) is 30.2 Å². The molecular formula is C20H16ClFN6O. The van der Waals surface area contributed by atoms with Crippen molar-refractivity contribution in [1.82, 2.24) is 24.3 Å². The molecule has 0 saturated heterocycles. The van der Waals surface area contributed by atoms with Crippen molar-refractivity contribution in [2.45, 2.75) is 13.1 Å². The zero-order valence-electron chi connectivity index (χ0n) is 15.2. The molecule has 29 heavy (non-hydrogen) atoms. The number of benzene rings is 2. The molecule has 0 aliphatic rings. The highest BCUT2D eigenvalue weighted by Crippen LogP contribution is 2.26. The summed E-state index contributed by atoms with van der Waals surface area (Å²) in [4.78, 5) is 20.5. The van der Waals surface area contributed by atoms with Gasteiger partial charge in [-0.05, 0) is 23.3 Å². The number of nitrogens with zero attached hydrogens (tertiary/aromatic N) is 5. The zero-order chi connectivity index (χ0) is 20.2. The number of carbonyl (C=O) groups excluding carboxylic acids is 1. The molecule has 0 radical (unpaired) electrons. The average molecular weight is 411 g/mol. The molecular weight excluding hydrogens is 395 g/mol. The molecule has 0 bridgehead atoms. The van der Waals surface area contributed by atoms with Crippen LogP contribution in [0.1, 0.15) is 21.7 Å². The molecule has 7 nitrogen and oxygen atoms in total. The number of amides is 1. The molecule has 0 aliphatic carbocycles. The van der Waals surface area contributed by atoms with Gasteiger partial charge >= 0.3 is 0 Å². The van der Waals surface area contributed by atoms with E-state index in [1.54, 1.807) is 23.4 Å². The highest BCUT2D eigenvalue weighted by molar-refractivity contribution is 6.31. The number of hydrogen-bond acceptors (Lipinski definition) is 4. The number of rotatable bonds is 6. The summed E-state index contributed by atoms with van der Waals surface area (Å²) in [5.41, 5.74) is 1.71. The van der Waals surface area contributed by atoms with E-state index in [4.69, 9.17) is 11.6 Å². The van der Waals surface area contributed by atoms with Crippen LogP contribution in [0.15, 0.2) is 67.5 Å². The van der Waals surface area contributed by atoms with E-state index in [0.717, 1.165) is 5.56 Å². The fourth-order valence-corrected chi connectivity index (χ4v) is 3.08. The second-order valence-corrected chi connectivity index (χ2v) is 6.79. The summed E-state index contributed by atoms with van der Waals surface area (Å²) < 4.78 is 17.8. The first-order chi connectivity index (χ1) is 14.1. The van der Waals surface area contributed by atoms with Gasteiger partial charge in [-0.25, -0.2) is 19.0 Å². The van der Waals surface area contributed by atoms with Gasteiger partial charge in [-0.3, -0.25) is 4.79 Å². The van der Waals surface area contributed by atoms with E-state index in [2.05, 4.69) is 20.4 Å². The van der Waals surface area contributed by atoms with Crippen molar-refractivity contribution in [3.8, 4) is 0 Å². The van der Waals surface area contributed by atoms with E-state index >= 15 is 0 Å². The van der Waals surface area contributed by atoms with Crippen molar-refractivity contribution in [3.05, 3.63) is 95.3 Å².